The fraction of sp³-hybridized carbons (Fsp3) is 0.423. The fourth-order valence-corrected chi connectivity index (χ4v) is 4.16. The predicted octanol–water partition coefficient (Wildman–Crippen LogP) is 6.21. The van der Waals surface area contributed by atoms with Crippen LogP contribution in [0.15, 0.2) is 53.1 Å². The summed E-state index contributed by atoms with van der Waals surface area (Å²) < 4.78 is 13.3. The number of aromatic nitrogens is 3. The van der Waals surface area contributed by atoms with Gasteiger partial charge in [-0.25, -0.2) is 14.5 Å². The van der Waals surface area contributed by atoms with Crippen LogP contribution in [0.5, 0.6) is 0 Å². The highest BCUT2D eigenvalue weighted by molar-refractivity contribution is 5.83. The third-order valence-corrected chi connectivity index (χ3v) is 6.08. The molecule has 0 bridgehead atoms. The minimum atomic E-state index is -0.493. The first-order valence-electron chi connectivity index (χ1n) is 11.6. The number of hydrogen-bond donors (Lipinski definition) is 1. The SMILES string of the molecule is CC(C)(C)n1nc(C2C=C(c3cnc(C4CC4)o3)CC2)cc1NC(=O)OCc1ccccc1. The van der Waals surface area contributed by atoms with E-state index in [0.717, 1.165) is 35.7 Å². The Morgan fingerprint density at radius 3 is 2.73 bits per heavy atom. The van der Waals surface area contributed by atoms with Crippen molar-refractivity contribution < 1.29 is 13.9 Å². The summed E-state index contributed by atoms with van der Waals surface area (Å²) in [5.41, 5.74) is 2.76. The lowest BCUT2D eigenvalue weighted by atomic mass is 10.1. The molecule has 1 amide bonds. The van der Waals surface area contributed by atoms with Crippen LogP contribution in [0.1, 0.15) is 81.2 Å². The van der Waals surface area contributed by atoms with E-state index in [0.29, 0.717) is 11.7 Å². The van der Waals surface area contributed by atoms with Crippen molar-refractivity contribution in [1.29, 1.82) is 0 Å². The molecule has 0 radical (unpaired) electrons. The highest BCUT2D eigenvalue weighted by Crippen LogP contribution is 2.42. The second-order valence-corrected chi connectivity index (χ2v) is 9.90. The quantitative estimate of drug-likeness (QED) is 0.486. The van der Waals surface area contributed by atoms with Crippen molar-refractivity contribution in [2.24, 2.45) is 0 Å². The van der Waals surface area contributed by atoms with Crippen LogP contribution in [0.2, 0.25) is 0 Å². The molecule has 33 heavy (non-hydrogen) atoms. The summed E-state index contributed by atoms with van der Waals surface area (Å²) in [7, 11) is 0. The third-order valence-electron chi connectivity index (χ3n) is 6.08. The molecule has 7 nitrogen and oxygen atoms in total. The minimum absolute atomic E-state index is 0.166. The molecule has 1 fully saturated rings. The summed E-state index contributed by atoms with van der Waals surface area (Å²) in [6.45, 7) is 6.41. The summed E-state index contributed by atoms with van der Waals surface area (Å²) in [5, 5.41) is 7.75. The second kappa shape index (κ2) is 8.54. The van der Waals surface area contributed by atoms with Gasteiger partial charge < -0.3 is 9.15 Å². The first kappa shape index (κ1) is 21.5. The van der Waals surface area contributed by atoms with Crippen molar-refractivity contribution >= 4 is 17.5 Å². The Morgan fingerprint density at radius 2 is 2.00 bits per heavy atom. The van der Waals surface area contributed by atoms with E-state index in [2.05, 4.69) is 37.1 Å². The Bertz CT molecular complexity index is 1170. The number of carbonyl (C=O) groups excluding carboxylic acids is 1. The molecule has 7 heteroatoms. The minimum Gasteiger partial charge on any atom is -0.444 e. The van der Waals surface area contributed by atoms with Crippen molar-refractivity contribution in [3.8, 4) is 0 Å². The number of rotatable bonds is 6. The third kappa shape index (κ3) is 4.87. The van der Waals surface area contributed by atoms with Gasteiger partial charge in [0.25, 0.3) is 0 Å². The van der Waals surface area contributed by atoms with E-state index in [4.69, 9.17) is 14.3 Å². The maximum absolute atomic E-state index is 12.5. The first-order chi connectivity index (χ1) is 15.9. The molecule has 2 aliphatic rings. The van der Waals surface area contributed by atoms with Gasteiger partial charge in [0, 0.05) is 17.9 Å². The lowest BCUT2D eigenvalue weighted by molar-refractivity contribution is 0.154. The van der Waals surface area contributed by atoms with Crippen LogP contribution >= 0.6 is 0 Å². The number of allylic oxidation sites excluding steroid dienone is 2. The van der Waals surface area contributed by atoms with Gasteiger partial charge in [-0.3, -0.25) is 5.32 Å². The number of oxazole rings is 1. The van der Waals surface area contributed by atoms with Crippen LogP contribution in [0.3, 0.4) is 0 Å². The molecule has 0 saturated heterocycles. The zero-order valence-corrected chi connectivity index (χ0v) is 19.4. The van der Waals surface area contributed by atoms with Crippen molar-refractivity contribution in [3.63, 3.8) is 0 Å². The summed E-state index contributed by atoms with van der Waals surface area (Å²) >= 11 is 0. The Balaban J connectivity index is 1.31. The van der Waals surface area contributed by atoms with Crippen LogP contribution in [-0.2, 0) is 16.9 Å². The van der Waals surface area contributed by atoms with Gasteiger partial charge in [0.05, 0.1) is 17.4 Å². The number of nitrogens with one attached hydrogen (secondary N) is 1. The first-order valence-corrected chi connectivity index (χ1v) is 11.6. The maximum atomic E-state index is 12.5. The average Bonchev–Trinajstić information content (AvgIpc) is 3.18. The molecule has 1 saturated carbocycles. The number of hydrogen-bond acceptors (Lipinski definition) is 5. The topological polar surface area (TPSA) is 82.2 Å². The van der Waals surface area contributed by atoms with E-state index in [1.54, 1.807) is 0 Å². The Labute approximate surface area is 193 Å². The molecule has 1 N–H and O–H groups in total. The summed E-state index contributed by atoms with van der Waals surface area (Å²) in [6.07, 6.45) is 7.81. The van der Waals surface area contributed by atoms with Crippen molar-refractivity contribution in [1.82, 2.24) is 14.8 Å². The zero-order chi connectivity index (χ0) is 23.0. The number of anilines is 1. The van der Waals surface area contributed by atoms with Crippen molar-refractivity contribution in [2.45, 2.75) is 70.4 Å². The fourth-order valence-electron chi connectivity index (χ4n) is 4.16. The van der Waals surface area contributed by atoms with E-state index in [-0.39, 0.29) is 18.1 Å². The highest BCUT2D eigenvalue weighted by Gasteiger charge is 2.31. The van der Waals surface area contributed by atoms with Crippen LogP contribution < -0.4 is 5.32 Å². The van der Waals surface area contributed by atoms with Gasteiger partial charge in [-0.15, -0.1) is 0 Å². The zero-order valence-electron chi connectivity index (χ0n) is 19.4. The van der Waals surface area contributed by atoms with Gasteiger partial charge in [-0.05, 0) is 57.6 Å². The van der Waals surface area contributed by atoms with E-state index in [9.17, 15) is 4.79 Å². The number of amides is 1. The van der Waals surface area contributed by atoms with Gasteiger partial charge in [-0.2, -0.15) is 5.10 Å². The number of benzene rings is 1. The smallest absolute Gasteiger partial charge is 0.413 e. The molecule has 2 heterocycles. The second-order valence-electron chi connectivity index (χ2n) is 9.90. The molecule has 3 aromatic rings. The molecule has 172 valence electrons. The largest absolute Gasteiger partial charge is 0.444 e. The Hall–Kier alpha value is -3.35. The van der Waals surface area contributed by atoms with Gasteiger partial charge in [-0.1, -0.05) is 36.4 Å². The summed E-state index contributed by atoms with van der Waals surface area (Å²) in [6, 6.07) is 11.6. The standard InChI is InChI=1S/C26H30N4O3/c1-26(2,3)30-23(28-25(31)32-16-17-7-5-4-6-8-17)14-21(29-30)19-11-12-20(13-19)22-15-27-24(33-22)18-9-10-18/h4-8,13-15,18-19H,9-12,16H2,1-3H3,(H,28,31). The van der Waals surface area contributed by atoms with Gasteiger partial charge in [0.15, 0.2) is 5.89 Å². The molecular weight excluding hydrogens is 416 g/mol. The van der Waals surface area contributed by atoms with E-state index < -0.39 is 6.09 Å². The van der Waals surface area contributed by atoms with E-state index in [1.165, 1.54) is 18.4 Å². The molecule has 1 unspecified atom stereocenters. The summed E-state index contributed by atoms with van der Waals surface area (Å²) in [5.74, 6) is 3.05. The van der Waals surface area contributed by atoms with Gasteiger partial charge >= 0.3 is 6.09 Å². The predicted molar refractivity (Wildman–Crippen MR) is 126 cm³/mol. The summed E-state index contributed by atoms with van der Waals surface area (Å²) in [4.78, 5) is 16.9. The Kier molecular flexibility index (Phi) is 5.56. The molecule has 1 atom stereocenters. The lowest BCUT2D eigenvalue weighted by Crippen LogP contribution is -2.27. The van der Waals surface area contributed by atoms with E-state index >= 15 is 0 Å². The Morgan fingerprint density at radius 1 is 1.21 bits per heavy atom. The molecule has 1 aromatic carbocycles. The molecule has 5 rings (SSSR count). The molecule has 0 spiro atoms. The van der Waals surface area contributed by atoms with Crippen LogP contribution in [-0.4, -0.2) is 20.9 Å². The van der Waals surface area contributed by atoms with Crippen LogP contribution in [0.4, 0.5) is 10.6 Å². The average molecular weight is 447 g/mol. The molecule has 2 aliphatic carbocycles. The van der Waals surface area contributed by atoms with Gasteiger partial charge in [0.1, 0.15) is 18.2 Å². The normalized spacial score (nSPS) is 18.3. The molecular formula is C26H30N4O3. The number of nitrogens with zero attached hydrogens (tertiary/aromatic N) is 3. The van der Waals surface area contributed by atoms with Gasteiger partial charge in [0.2, 0.25) is 0 Å². The number of carbonyl (C=O) groups is 1. The lowest BCUT2D eigenvalue weighted by Gasteiger charge is -2.22. The van der Waals surface area contributed by atoms with Crippen LogP contribution in [0, 0.1) is 0 Å². The monoisotopic (exact) mass is 446 g/mol. The molecule has 2 aromatic heterocycles. The molecule has 0 aliphatic heterocycles. The van der Waals surface area contributed by atoms with Crippen molar-refractivity contribution in [2.75, 3.05) is 5.32 Å². The highest BCUT2D eigenvalue weighted by atomic mass is 16.5. The number of ether oxygens (including phenoxy) is 1. The van der Waals surface area contributed by atoms with E-state index in [1.807, 2.05) is 47.3 Å². The van der Waals surface area contributed by atoms with Crippen LogP contribution in [0.25, 0.3) is 5.57 Å². The maximum Gasteiger partial charge on any atom is 0.413 e. The van der Waals surface area contributed by atoms with Crippen molar-refractivity contribution in [3.05, 3.63) is 71.6 Å².